The fraction of sp³-hybridized carbons (Fsp3) is 0.217. The zero-order valence-corrected chi connectivity index (χ0v) is 18.1. The van der Waals surface area contributed by atoms with Crippen molar-refractivity contribution in [3.05, 3.63) is 74.6 Å². The predicted molar refractivity (Wildman–Crippen MR) is 121 cm³/mol. The molecule has 158 valence electrons. The third-order valence-electron chi connectivity index (χ3n) is 5.57. The molecule has 0 spiro atoms. The lowest BCUT2D eigenvalue weighted by atomic mass is 10.00. The molecule has 0 aliphatic rings. The maximum absolute atomic E-state index is 13.5. The summed E-state index contributed by atoms with van der Waals surface area (Å²) < 4.78 is 1.23. The Morgan fingerprint density at radius 1 is 1.16 bits per heavy atom. The van der Waals surface area contributed by atoms with Gasteiger partial charge in [-0.2, -0.15) is 0 Å². The number of benzene rings is 2. The van der Waals surface area contributed by atoms with Crippen LogP contribution in [-0.2, 0) is 16.8 Å². The molecule has 0 saturated carbocycles. The van der Waals surface area contributed by atoms with Crippen LogP contribution in [0.25, 0.3) is 21.0 Å². The van der Waals surface area contributed by atoms with E-state index in [9.17, 15) is 19.5 Å². The van der Waals surface area contributed by atoms with Crippen molar-refractivity contribution in [3.8, 4) is 0 Å². The van der Waals surface area contributed by atoms with Gasteiger partial charge in [-0.1, -0.05) is 42.5 Å². The summed E-state index contributed by atoms with van der Waals surface area (Å²) in [4.78, 5) is 42.7. The zero-order valence-electron chi connectivity index (χ0n) is 17.3. The second-order valence-electron chi connectivity index (χ2n) is 7.95. The van der Waals surface area contributed by atoms with Gasteiger partial charge in [-0.15, -0.1) is 11.3 Å². The first-order valence-corrected chi connectivity index (χ1v) is 10.5. The average Bonchev–Trinajstić information content (AvgIpc) is 3.05. The molecule has 8 heteroatoms. The highest BCUT2D eigenvalue weighted by molar-refractivity contribution is 7.20. The third-order valence-corrected chi connectivity index (χ3v) is 6.77. The molecule has 31 heavy (non-hydrogen) atoms. The molecule has 4 aromatic rings. The van der Waals surface area contributed by atoms with Crippen molar-refractivity contribution in [2.75, 3.05) is 0 Å². The number of carbonyl (C=O) groups excluding carboxylic acids is 1. The van der Waals surface area contributed by atoms with Crippen LogP contribution >= 0.6 is 11.3 Å². The average molecular weight is 436 g/mol. The number of amides is 1. The molecule has 0 radical (unpaired) electrons. The molecule has 3 N–H and O–H groups in total. The third kappa shape index (κ3) is 3.29. The van der Waals surface area contributed by atoms with E-state index in [1.54, 1.807) is 6.92 Å². The minimum atomic E-state index is -1.54. The van der Waals surface area contributed by atoms with E-state index in [0.29, 0.717) is 16.2 Å². The highest BCUT2D eigenvalue weighted by Crippen LogP contribution is 2.30. The first-order valence-electron chi connectivity index (χ1n) is 9.68. The molecular formula is C23H21N3O4S. The molecular weight excluding hydrogens is 414 g/mol. The van der Waals surface area contributed by atoms with E-state index in [-0.39, 0.29) is 16.7 Å². The number of fused-ring (bicyclic) bond motifs is 2. The molecule has 0 fully saturated rings. The molecule has 0 aliphatic carbocycles. The summed E-state index contributed by atoms with van der Waals surface area (Å²) in [5.41, 5.74) is 4.78. The molecule has 2 aromatic carbocycles. The summed E-state index contributed by atoms with van der Waals surface area (Å²) in [6.07, 6.45) is 0.256. The number of carboxylic acids is 1. The minimum absolute atomic E-state index is 0.231. The van der Waals surface area contributed by atoms with Gasteiger partial charge in [-0.05, 0) is 42.7 Å². The second-order valence-corrected chi connectivity index (χ2v) is 8.95. The Balaban J connectivity index is 2.04. The number of carboxylic acid groups (broad SMARTS) is 1. The molecule has 0 atom stereocenters. The van der Waals surface area contributed by atoms with Crippen LogP contribution in [0.5, 0.6) is 0 Å². The molecule has 0 saturated heterocycles. The SMILES string of the molecule is Cc1c(C(N)=O)sc2nc(Cc3cccc4ccccc34)n(C(C)(C)C(=O)O)c(=O)c12. The van der Waals surface area contributed by atoms with Gasteiger partial charge in [-0.3, -0.25) is 14.2 Å². The van der Waals surface area contributed by atoms with Crippen molar-refractivity contribution in [2.24, 2.45) is 5.73 Å². The predicted octanol–water partition coefficient (Wildman–Crippen LogP) is 3.43. The van der Waals surface area contributed by atoms with Crippen molar-refractivity contribution in [1.29, 1.82) is 0 Å². The van der Waals surface area contributed by atoms with Crippen molar-refractivity contribution in [3.63, 3.8) is 0 Å². The topological polar surface area (TPSA) is 115 Å². The van der Waals surface area contributed by atoms with Crippen LogP contribution in [0, 0.1) is 6.92 Å². The lowest BCUT2D eigenvalue weighted by molar-refractivity contribution is -0.146. The Kier molecular flexibility index (Phi) is 4.89. The number of primary amides is 1. The number of aryl methyl sites for hydroxylation is 1. The highest BCUT2D eigenvalue weighted by atomic mass is 32.1. The number of hydrogen-bond acceptors (Lipinski definition) is 5. The highest BCUT2D eigenvalue weighted by Gasteiger charge is 2.35. The van der Waals surface area contributed by atoms with Gasteiger partial charge in [0.15, 0.2) is 0 Å². The van der Waals surface area contributed by atoms with Crippen molar-refractivity contribution < 1.29 is 14.7 Å². The largest absolute Gasteiger partial charge is 0.480 e. The minimum Gasteiger partial charge on any atom is -0.480 e. The van der Waals surface area contributed by atoms with E-state index >= 15 is 0 Å². The first-order chi connectivity index (χ1) is 14.6. The molecule has 7 nitrogen and oxygen atoms in total. The van der Waals surface area contributed by atoms with Crippen LogP contribution in [0.15, 0.2) is 47.3 Å². The number of aliphatic carboxylic acids is 1. The number of aromatic nitrogens is 2. The number of carbonyl (C=O) groups is 2. The first kappa shape index (κ1) is 20.7. The Hall–Kier alpha value is -3.52. The number of rotatable bonds is 5. The summed E-state index contributed by atoms with van der Waals surface area (Å²) in [5.74, 6) is -1.48. The fourth-order valence-corrected chi connectivity index (χ4v) is 4.91. The van der Waals surface area contributed by atoms with E-state index in [1.807, 2.05) is 42.5 Å². The maximum atomic E-state index is 13.5. The molecule has 0 aliphatic heterocycles. The van der Waals surface area contributed by atoms with Crippen LogP contribution in [-0.4, -0.2) is 26.5 Å². The summed E-state index contributed by atoms with van der Waals surface area (Å²) in [6.45, 7) is 4.56. The van der Waals surface area contributed by atoms with Crippen LogP contribution in [0.2, 0.25) is 0 Å². The number of nitrogens with two attached hydrogens (primary N) is 1. The van der Waals surface area contributed by atoms with Gasteiger partial charge in [0, 0.05) is 6.42 Å². The van der Waals surface area contributed by atoms with E-state index in [2.05, 4.69) is 4.98 Å². The normalized spacial score (nSPS) is 11.8. The fourth-order valence-electron chi connectivity index (χ4n) is 3.87. The standard InChI is InChI=1S/C23H21N3O4S/c1-12-17-20(31-18(12)19(24)27)25-16(26(21(17)28)23(2,3)22(29)30)11-14-9-6-8-13-7-4-5-10-15(13)14/h4-10H,11H2,1-3H3,(H2,24,27)(H,29,30). The van der Waals surface area contributed by atoms with E-state index in [4.69, 9.17) is 5.73 Å². The summed E-state index contributed by atoms with van der Waals surface area (Å²) in [6, 6.07) is 13.7. The monoisotopic (exact) mass is 435 g/mol. The van der Waals surface area contributed by atoms with Crippen molar-refractivity contribution >= 4 is 44.2 Å². The van der Waals surface area contributed by atoms with Gasteiger partial charge in [0.1, 0.15) is 16.2 Å². The molecule has 2 heterocycles. The molecule has 0 bridgehead atoms. The van der Waals surface area contributed by atoms with E-state index < -0.39 is 23.0 Å². The van der Waals surface area contributed by atoms with E-state index in [1.165, 1.54) is 18.4 Å². The molecule has 2 aromatic heterocycles. The van der Waals surface area contributed by atoms with Crippen LogP contribution in [0.3, 0.4) is 0 Å². The Bertz CT molecular complexity index is 1430. The van der Waals surface area contributed by atoms with Gasteiger partial charge in [0.25, 0.3) is 11.5 Å². The Morgan fingerprint density at radius 3 is 2.52 bits per heavy atom. The zero-order chi connectivity index (χ0) is 22.5. The summed E-state index contributed by atoms with van der Waals surface area (Å²) in [5, 5.41) is 12.1. The van der Waals surface area contributed by atoms with Gasteiger partial charge >= 0.3 is 5.97 Å². The summed E-state index contributed by atoms with van der Waals surface area (Å²) >= 11 is 1.06. The quantitative estimate of drug-likeness (QED) is 0.498. The van der Waals surface area contributed by atoms with Crippen LogP contribution in [0.4, 0.5) is 0 Å². The number of nitrogens with zero attached hydrogens (tertiary/aromatic N) is 2. The van der Waals surface area contributed by atoms with Gasteiger partial charge in [0.05, 0.1) is 10.3 Å². The van der Waals surface area contributed by atoms with E-state index in [0.717, 1.165) is 27.7 Å². The lowest BCUT2D eigenvalue weighted by Gasteiger charge is -2.26. The molecule has 4 rings (SSSR count). The molecule has 1 amide bonds. The van der Waals surface area contributed by atoms with Crippen LogP contribution in [0.1, 0.15) is 40.5 Å². The Morgan fingerprint density at radius 2 is 1.84 bits per heavy atom. The maximum Gasteiger partial charge on any atom is 0.329 e. The molecule has 0 unspecified atom stereocenters. The lowest BCUT2D eigenvalue weighted by Crippen LogP contribution is -2.45. The van der Waals surface area contributed by atoms with Crippen LogP contribution < -0.4 is 11.3 Å². The van der Waals surface area contributed by atoms with Gasteiger partial charge in [-0.25, -0.2) is 9.78 Å². The van der Waals surface area contributed by atoms with Crippen molar-refractivity contribution in [1.82, 2.24) is 9.55 Å². The summed E-state index contributed by atoms with van der Waals surface area (Å²) in [7, 11) is 0. The van der Waals surface area contributed by atoms with Gasteiger partial charge < -0.3 is 10.8 Å². The van der Waals surface area contributed by atoms with Gasteiger partial charge in [0.2, 0.25) is 0 Å². The smallest absolute Gasteiger partial charge is 0.329 e. The number of hydrogen-bond donors (Lipinski definition) is 2. The van der Waals surface area contributed by atoms with Crippen molar-refractivity contribution in [2.45, 2.75) is 32.7 Å². The second kappa shape index (κ2) is 7.31. The Labute approximate surface area is 181 Å². The number of thiophene rings is 1.